The Hall–Kier alpha value is -4.47. The molecule has 5 aromatic rings. The zero-order valence-corrected chi connectivity index (χ0v) is 20.9. The van der Waals surface area contributed by atoms with E-state index in [0.29, 0.717) is 5.82 Å². The van der Waals surface area contributed by atoms with Gasteiger partial charge in [-0.05, 0) is 54.4 Å². The second kappa shape index (κ2) is 9.44. The first-order chi connectivity index (χ1) is 18.7. The highest BCUT2D eigenvalue weighted by Crippen LogP contribution is 2.35. The normalized spacial score (nSPS) is 17.5. The average molecular weight is 505 g/mol. The molecule has 1 atom stereocenters. The maximum Gasteiger partial charge on any atom is 0.164 e. The number of fused-ring (bicyclic) bond motifs is 2. The Morgan fingerprint density at radius 1 is 0.921 bits per heavy atom. The number of hydrogen-bond acceptors (Lipinski definition) is 8. The molecule has 38 heavy (non-hydrogen) atoms. The summed E-state index contributed by atoms with van der Waals surface area (Å²) in [7, 11) is 0. The number of ether oxygens (including phenoxy) is 1. The van der Waals surface area contributed by atoms with Crippen LogP contribution in [0.4, 0.5) is 11.5 Å². The van der Waals surface area contributed by atoms with Gasteiger partial charge < -0.3 is 15.9 Å². The first-order valence-corrected chi connectivity index (χ1v) is 12.9. The molecule has 1 saturated heterocycles. The highest BCUT2D eigenvalue weighted by atomic mass is 16.5. The summed E-state index contributed by atoms with van der Waals surface area (Å²) in [6.07, 6.45) is 2.51. The predicted molar refractivity (Wildman–Crippen MR) is 147 cm³/mol. The van der Waals surface area contributed by atoms with E-state index in [9.17, 15) is 0 Å². The molecule has 1 fully saturated rings. The summed E-state index contributed by atoms with van der Waals surface area (Å²) in [6.45, 7) is 3.62. The molecule has 9 nitrogen and oxygen atoms in total. The largest absolute Gasteiger partial charge is 0.457 e. The average Bonchev–Trinajstić information content (AvgIpc) is 3.67. The van der Waals surface area contributed by atoms with Crippen LogP contribution in [0.5, 0.6) is 11.5 Å². The van der Waals surface area contributed by atoms with E-state index in [1.807, 2.05) is 59.3 Å². The van der Waals surface area contributed by atoms with Crippen LogP contribution in [0.3, 0.4) is 0 Å². The van der Waals surface area contributed by atoms with Gasteiger partial charge in [0.25, 0.3) is 0 Å². The fourth-order valence-corrected chi connectivity index (χ4v) is 5.41. The van der Waals surface area contributed by atoms with Crippen molar-refractivity contribution < 1.29 is 4.74 Å². The lowest BCUT2D eigenvalue weighted by Gasteiger charge is -2.24. The lowest BCUT2D eigenvalue weighted by Crippen LogP contribution is -2.37. The first kappa shape index (κ1) is 22.7. The van der Waals surface area contributed by atoms with Crippen molar-refractivity contribution in [3.8, 4) is 22.8 Å². The monoisotopic (exact) mass is 504 g/mol. The number of hydrogen-bond donors (Lipinski definition) is 2. The molecule has 0 amide bonds. The molecule has 190 valence electrons. The van der Waals surface area contributed by atoms with Crippen LogP contribution in [-0.2, 0) is 6.54 Å². The number of nitrogens with two attached hydrogens (primary N) is 1. The topological polar surface area (TPSA) is 97.4 Å². The zero-order valence-electron chi connectivity index (χ0n) is 20.9. The number of para-hydroxylation sites is 2. The van der Waals surface area contributed by atoms with Gasteiger partial charge in [-0.1, -0.05) is 36.4 Å². The van der Waals surface area contributed by atoms with Crippen molar-refractivity contribution in [1.29, 1.82) is 0 Å². The van der Waals surface area contributed by atoms with Gasteiger partial charge in [0.05, 0.1) is 23.8 Å². The number of nitrogen functional groups attached to an aromatic ring is 1. The lowest BCUT2D eigenvalue weighted by atomic mass is 10.1. The molecule has 0 aliphatic carbocycles. The first-order valence-electron chi connectivity index (χ1n) is 12.9. The molecule has 3 N–H and O–H groups in total. The fraction of sp³-hybridized carbons (Fsp3) is 0.207. The van der Waals surface area contributed by atoms with Crippen LogP contribution in [0.25, 0.3) is 22.3 Å². The number of likely N-dealkylation sites (tertiary alicyclic amines) is 1. The van der Waals surface area contributed by atoms with Gasteiger partial charge in [0.15, 0.2) is 5.65 Å². The molecule has 7 rings (SSSR count). The Morgan fingerprint density at radius 2 is 1.71 bits per heavy atom. The molecule has 4 heterocycles. The van der Waals surface area contributed by atoms with Gasteiger partial charge in [0.2, 0.25) is 0 Å². The van der Waals surface area contributed by atoms with Gasteiger partial charge in [-0.2, -0.15) is 5.10 Å². The number of anilines is 2. The van der Waals surface area contributed by atoms with Crippen LogP contribution in [0, 0.1) is 0 Å². The van der Waals surface area contributed by atoms with Crippen molar-refractivity contribution in [2.24, 2.45) is 0 Å². The van der Waals surface area contributed by atoms with Crippen LogP contribution < -0.4 is 15.9 Å². The van der Waals surface area contributed by atoms with Crippen LogP contribution in [0.1, 0.15) is 18.0 Å². The van der Waals surface area contributed by atoms with Crippen LogP contribution in [0.2, 0.25) is 0 Å². The Bertz CT molecular complexity index is 1560. The lowest BCUT2D eigenvalue weighted by molar-refractivity contribution is 0.178. The third-order valence-electron chi connectivity index (χ3n) is 7.25. The summed E-state index contributed by atoms with van der Waals surface area (Å²) in [5, 5.41) is 8.11. The van der Waals surface area contributed by atoms with E-state index in [-0.39, 0.29) is 6.04 Å². The highest BCUT2D eigenvalue weighted by Gasteiger charge is 2.30. The van der Waals surface area contributed by atoms with E-state index >= 15 is 0 Å². The van der Waals surface area contributed by atoms with Gasteiger partial charge in [0, 0.05) is 25.2 Å². The van der Waals surface area contributed by atoms with Crippen molar-refractivity contribution in [1.82, 2.24) is 29.7 Å². The predicted octanol–water partition coefficient (Wildman–Crippen LogP) is 4.91. The van der Waals surface area contributed by atoms with Crippen molar-refractivity contribution >= 4 is 22.5 Å². The molecule has 9 heteroatoms. The standard InChI is InChI=1S/C29H28N8O/c30-28-26-27(20-10-12-24(13-11-20)38-23-7-2-1-3-8-23)34-37(29(26)32-18-31-28)22-14-15-35(17-22)19-36-16-21-6-4-5-9-25(21)33-36/h1-13,18,22,33H,14-17,19H2,(H2,30,31,32). The van der Waals surface area contributed by atoms with E-state index < -0.39 is 0 Å². The van der Waals surface area contributed by atoms with Crippen molar-refractivity contribution in [3.63, 3.8) is 0 Å². The smallest absolute Gasteiger partial charge is 0.164 e. The SMILES string of the molecule is Nc1ncnc2c1c(-c1ccc(Oc3ccccc3)cc1)nn2C1CCN(CN2Cc3ccccc3N2)C1. The fourth-order valence-electron chi connectivity index (χ4n) is 5.41. The quantitative estimate of drug-likeness (QED) is 0.337. The maximum atomic E-state index is 6.36. The van der Waals surface area contributed by atoms with Crippen LogP contribution in [0.15, 0.2) is 85.2 Å². The van der Waals surface area contributed by atoms with Crippen molar-refractivity contribution in [2.75, 3.05) is 30.9 Å². The van der Waals surface area contributed by atoms with Gasteiger partial charge in [0.1, 0.15) is 29.3 Å². The summed E-state index contributed by atoms with van der Waals surface area (Å²) in [6, 6.07) is 26.3. The second-order valence-electron chi connectivity index (χ2n) is 9.82. The molecule has 2 aliphatic heterocycles. The minimum absolute atomic E-state index is 0.200. The second-order valence-corrected chi connectivity index (χ2v) is 9.82. The molecule has 2 aromatic heterocycles. The van der Waals surface area contributed by atoms with Crippen LogP contribution in [-0.4, -0.2) is 49.4 Å². The highest BCUT2D eigenvalue weighted by molar-refractivity contribution is 5.98. The number of aromatic nitrogens is 4. The third kappa shape index (κ3) is 4.21. The molecule has 0 bridgehead atoms. The third-order valence-corrected chi connectivity index (χ3v) is 7.25. The molecular weight excluding hydrogens is 476 g/mol. The Morgan fingerprint density at radius 3 is 2.55 bits per heavy atom. The number of hydrazine groups is 1. The van der Waals surface area contributed by atoms with Gasteiger partial charge in [-0.15, -0.1) is 0 Å². The Kier molecular flexibility index (Phi) is 5.64. The number of benzene rings is 3. The Labute approximate surface area is 220 Å². The van der Waals surface area contributed by atoms with E-state index in [1.165, 1.54) is 17.6 Å². The molecule has 1 unspecified atom stereocenters. The van der Waals surface area contributed by atoms with E-state index in [4.69, 9.17) is 15.6 Å². The summed E-state index contributed by atoms with van der Waals surface area (Å²) < 4.78 is 8.01. The van der Waals surface area contributed by atoms with Crippen LogP contribution >= 0.6 is 0 Å². The van der Waals surface area contributed by atoms with Gasteiger partial charge >= 0.3 is 0 Å². The summed E-state index contributed by atoms with van der Waals surface area (Å²) in [5.74, 6) is 2.00. The van der Waals surface area contributed by atoms with Crippen molar-refractivity contribution in [3.05, 3.63) is 90.8 Å². The zero-order chi connectivity index (χ0) is 25.5. The molecule has 3 aromatic carbocycles. The number of nitrogens with one attached hydrogen (secondary N) is 1. The minimum atomic E-state index is 0.200. The summed E-state index contributed by atoms with van der Waals surface area (Å²) in [5.41, 5.74) is 14.9. The molecular formula is C29H28N8O. The summed E-state index contributed by atoms with van der Waals surface area (Å²) in [4.78, 5) is 11.3. The Balaban J connectivity index is 1.12. The minimum Gasteiger partial charge on any atom is -0.457 e. The van der Waals surface area contributed by atoms with Gasteiger partial charge in [-0.25, -0.2) is 19.7 Å². The number of nitrogens with zero attached hydrogens (tertiary/aromatic N) is 6. The molecule has 0 saturated carbocycles. The molecule has 2 aliphatic rings. The van der Waals surface area contributed by atoms with E-state index in [2.05, 4.69) is 49.6 Å². The molecule has 0 radical (unpaired) electrons. The van der Waals surface area contributed by atoms with Gasteiger partial charge in [-0.3, -0.25) is 4.90 Å². The van der Waals surface area contributed by atoms with Crippen molar-refractivity contribution in [2.45, 2.75) is 19.0 Å². The molecule has 0 spiro atoms. The number of rotatable bonds is 6. The van der Waals surface area contributed by atoms with E-state index in [0.717, 1.165) is 66.5 Å². The summed E-state index contributed by atoms with van der Waals surface area (Å²) >= 11 is 0. The van der Waals surface area contributed by atoms with E-state index in [1.54, 1.807) is 0 Å². The maximum absolute atomic E-state index is 6.36.